The first-order valence-electron chi connectivity index (χ1n) is 11.7. The standard InChI is InChI=1S/C26H28N2O3/c29-18-8-7-17-11-22-26(31)15-25(23(30)19-3-1-2-4-21(19)27-25)14-24(26,20(17)12-18)9-10-28(22)13-16-5-6-16/h1-4,7-8,12,16,22,27,29,31H,5-6,9-11,13-15H2/t22-,24+,25+,26+/m0/s1. The van der Waals surface area contributed by atoms with Crippen LogP contribution in [0.2, 0.25) is 0 Å². The van der Waals surface area contributed by atoms with Crippen molar-refractivity contribution in [1.29, 1.82) is 0 Å². The Bertz CT molecular complexity index is 1130. The van der Waals surface area contributed by atoms with E-state index in [0.717, 1.165) is 48.7 Å². The lowest BCUT2D eigenvalue weighted by Crippen LogP contribution is -2.69. The van der Waals surface area contributed by atoms with Crippen molar-refractivity contribution in [2.24, 2.45) is 5.92 Å². The molecule has 4 atom stereocenters. The molecule has 0 amide bonds. The summed E-state index contributed by atoms with van der Waals surface area (Å²) in [6, 6.07) is 13.4. The number of fused-ring (bicyclic) bond motifs is 2. The monoisotopic (exact) mass is 416 g/mol. The zero-order chi connectivity index (χ0) is 21.0. The number of nitrogens with one attached hydrogen (secondary N) is 1. The average Bonchev–Trinajstić information content (AvgIpc) is 3.46. The lowest BCUT2D eigenvalue weighted by atomic mass is 9.56. The highest BCUT2D eigenvalue weighted by molar-refractivity contribution is 6.14. The minimum absolute atomic E-state index is 0.0107. The fraction of sp³-hybridized carbons (Fsp3) is 0.500. The molecule has 5 heteroatoms. The Kier molecular flexibility index (Phi) is 3.35. The summed E-state index contributed by atoms with van der Waals surface area (Å²) in [7, 11) is 0. The number of rotatable bonds is 2. The van der Waals surface area contributed by atoms with Gasteiger partial charge in [-0.15, -0.1) is 0 Å². The smallest absolute Gasteiger partial charge is 0.190 e. The van der Waals surface area contributed by atoms with Crippen LogP contribution in [0.3, 0.4) is 0 Å². The first kappa shape index (κ1) is 18.2. The second kappa shape index (κ2) is 5.70. The number of benzene rings is 2. The van der Waals surface area contributed by atoms with Gasteiger partial charge in [0, 0.05) is 35.7 Å². The molecule has 5 nitrogen and oxygen atoms in total. The molecule has 5 aliphatic rings. The molecule has 31 heavy (non-hydrogen) atoms. The number of carbonyl (C=O) groups excluding carboxylic acids is 1. The van der Waals surface area contributed by atoms with E-state index < -0.39 is 16.6 Å². The Labute approximate surface area is 182 Å². The average molecular weight is 417 g/mol. The number of anilines is 1. The molecule has 2 bridgehead atoms. The Morgan fingerprint density at radius 3 is 2.77 bits per heavy atom. The number of phenols is 1. The van der Waals surface area contributed by atoms with E-state index in [9.17, 15) is 15.0 Å². The number of nitrogens with zero attached hydrogens (tertiary/aromatic N) is 1. The molecule has 3 N–H and O–H groups in total. The highest BCUT2D eigenvalue weighted by Gasteiger charge is 2.73. The van der Waals surface area contributed by atoms with Crippen molar-refractivity contribution >= 4 is 11.5 Å². The molecule has 7 rings (SSSR count). The number of likely N-dealkylation sites (tertiary alicyclic amines) is 1. The molecular weight excluding hydrogens is 388 g/mol. The zero-order valence-electron chi connectivity index (χ0n) is 17.6. The number of Topliss-reactive ketones (excluding diaryl/α,β-unsaturated/α-hetero) is 1. The van der Waals surface area contributed by atoms with Gasteiger partial charge in [0.05, 0.1) is 5.60 Å². The minimum atomic E-state index is -0.994. The van der Waals surface area contributed by atoms with E-state index in [1.807, 2.05) is 36.4 Å². The summed E-state index contributed by atoms with van der Waals surface area (Å²) < 4.78 is 0. The fourth-order valence-electron chi connectivity index (χ4n) is 7.51. The Balaban J connectivity index is 1.40. The van der Waals surface area contributed by atoms with Crippen LogP contribution in [0, 0.1) is 5.92 Å². The molecular formula is C26H28N2O3. The minimum Gasteiger partial charge on any atom is -0.508 e. The van der Waals surface area contributed by atoms with E-state index in [-0.39, 0.29) is 17.6 Å². The van der Waals surface area contributed by atoms with Gasteiger partial charge < -0.3 is 15.5 Å². The first-order valence-corrected chi connectivity index (χ1v) is 11.7. The van der Waals surface area contributed by atoms with Crippen LogP contribution in [0.4, 0.5) is 5.69 Å². The van der Waals surface area contributed by atoms with Gasteiger partial charge in [0.15, 0.2) is 5.78 Å². The van der Waals surface area contributed by atoms with Crippen molar-refractivity contribution < 1.29 is 15.0 Å². The van der Waals surface area contributed by atoms with Gasteiger partial charge in [-0.05, 0) is 80.0 Å². The van der Waals surface area contributed by atoms with Crippen LogP contribution >= 0.6 is 0 Å². The number of phenolic OH excluding ortho intramolecular Hbond substituents is 1. The van der Waals surface area contributed by atoms with Gasteiger partial charge in [0.25, 0.3) is 0 Å². The second-order valence-corrected chi connectivity index (χ2v) is 10.7. The number of ketones is 1. The lowest BCUT2D eigenvalue weighted by Gasteiger charge is -2.59. The number of carbonyl (C=O) groups is 1. The van der Waals surface area contributed by atoms with Gasteiger partial charge in [0.2, 0.25) is 0 Å². The molecule has 2 aromatic carbocycles. The lowest BCUT2D eigenvalue weighted by molar-refractivity contribution is -0.131. The molecule has 2 aromatic rings. The van der Waals surface area contributed by atoms with E-state index in [1.54, 1.807) is 6.07 Å². The maximum atomic E-state index is 13.7. The van der Waals surface area contributed by atoms with Crippen molar-refractivity contribution in [3.05, 3.63) is 59.2 Å². The Morgan fingerprint density at radius 1 is 1.13 bits per heavy atom. The van der Waals surface area contributed by atoms with Crippen LogP contribution in [0.1, 0.15) is 53.6 Å². The van der Waals surface area contributed by atoms with Gasteiger partial charge in [-0.1, -0.05) is 18.2 Å². The van der Waals surface area contributed by atoms with Gasteiger partial charge in [0.1, 0.15) is 11.3 Å². The van der Waals surface area contributed by atoms with E-state index in [1.165, 1.54) is 18.4 Å². The predicted molar refractivity (Wildman–Crippen MR) is 118 cm³/mol. The van der Waals surface area contributed by atoms with Gasteiger partial charge in [-0.3, -0.25) is 9.69 Å². The largest absolute Gasteiger partial charge is 0.508 e. The molecule has 2 heterocycles. The number of aromatic hydroxyl groups is 1. The van der Waals surface area contributed by atoms with E-state index >= 15 is 0 Å². The third kappa shape index (κ3) is 2.21. The van der Waals surface area contributed by atoms with E-state index in [4.69, 9.17) is 0 Å². The van der Waals surface area contributed by atoms with Crippen molar-refractivity contribution in [2.45, 2.75) is 61.1 Å². The van der Waals surface area contributed by atoms with E-state index in [0.29, 0.717) is 12.8 Å². The van der Waals surface area contributed by atoms with Crippen LogP contribution in [-0.4, -0.2) is 51.2 Å². The molecule has 2 aliphatic heterocycles. The van der Waals surface area contributed by atoms with Crippen molar-refractivity contribution in [3.8, 4) is 5.75 Å². The van der Waals surface area contributed by atoms with Gasteiger partial charge >= 0.3 is 0 Å². The molecule has 1 spiro atoms. The van der Waals surface area contributed by atoms with Crippen molar-refractivity contribution in [3.63, 3.8) is 0 Å². The van der Waals surface area contributed by atoms with Gasteiger partial charge in [-0.25, -0.2) is 0 Å². The van der Waals surface area contributed by atoms with Crippen molar-refractivity contribution in [1.82, 2.24) is 4.90 Å². The molecule has 160 valence electrons. The molecule has 0 aromatic heterocycles. The van der Waals surface area contributed by atoms with Crippen LogP contribution in [0.5, 0.6) is 5.75 Å². The van der Waals surface area contributed by atoms with Crippen LogP contribution in [-0.2, 0) is 11.8 Å². The topological polar surface area (TPSA) is 72.8 Å². The maximum absolute atomic E-state index is 13.7. The molecule has 3 aliphatic carbocycles. The highest BCUT2D eigenvalue weighted by Crippen LogP contribution is 2.65. The number of aliphatic hydroxyl groups is 1. The number of para-hydroxylation sites is 1. The third-order valence-electron chi connectivity index (χ3n) is 9.01. The zero-order valence-corrected chi connectivity index (χ0v) is 17.6. The summed E-state index contributed by atoms with van der Waals surface area (Å²) in [6.07, 6.45) is 5.17. The summed E-state index contributed by atoms with van der Waals surface area (Å²) in [5, 5.41) is 26.4. The first-order chi connectivity index (χ1) is 14.9. The molecule has 1 saturated heterocycles. The predicted octanol–water partition coefficient (Wildman–Crippen LogP) is 3.24. The molecule has 0 radical (unpaired) electrons. The summed E-state index contributed by atoms with van der Waals surface area (Å²) >= 11 is 0. The quantitative estimate of drug-likeness (QED) is 0.701. The van der Waals surface area contributed by atoms with Crippen LogP contribution in [0.25, 0.3) is 0 Å². The number of hydrogen-bond donors (Lipinski definition) is 3. The number of hydrogen-bond acceptors (Lipinski definition) is 5. The number of piperidine rings is 1. The Hall–Kier alpha value is -2.37. The molecule has 3 fully saturated rings. The summed E-state index contributed by atoms with van der Waals surface area (Å²) in [5.74, 6) is 1.11. The summed E-state index contributed by atoms with van der Waals surface area (Å²) in [4.78, 5) is 16.2. The van der Waals surface area contributed by atoms with Gasteiger partial charge in [-0.2, -0.15) is 0 Å². The third-order valence-corrected chi connectivity index (χ3v) is 9.01. The molecule has 2 saturated carbocycles. The summed E-state index contributed by atoms with van der Waals surface area (Å²) in [5.41, 5.74) is 1.60. The maximum Gasteiger partial charge on any atom is 0.190 e. The SMILES string of the molecule is O=C1c2ccccc2N[C@@]12C[C@]13CCN(CC4CC4)[C@@H](Cc4ccc(O)cc41)[C@]3(O)C2. The summed E-state index contributed by atoms with van der Waals surface area (Å²) in [6.45, 7) is 1.99. The molecule has 0 unspecified atom stereocenters. The fourth-order valence-corrected chi connectivity index (χ4v) is 7.51. The second-order valence-electron chi connectivity index (χ2n) is 10.7. The normalized spacial score (nSPS) is 38.0. The van der Waals surface area contributed by atoms with Crippen LogP contribution in [0.15, 0.2) is 42.5 Å². The highest BCUT2D eigenvalue weighted by atomic mass is 16.3. The van der Waals surface area contributed by atoms with Crippen molar-refractivity contribution in [2.75, 3.05) is 18.4 Å². The van der Waals surface area contributed by atoms with E-state index in [2.05, 4.69) is 10.2 Å². The van der Waals surface area contributed by atoms with Crippen LogP contribution < -0.4 is 5.32 Å². The Morgan fingerprint density at radius 2 is 1.97 bits per heavy atom.